The van der Waals surface area contributed by atoms with E-state index in [0.29, 0.717) is 0 Å². The number of anilines is 2. The van der Waals surface area contributed by atoms with Crippen molar-refractivity contribution >= 4 is 17.7 Å². The molecule has 2 aromatic rings. The van der Waals surface area contributed by atoms with Crippen LogP contribution in [0.1, 0.15) is 0 Å². The molecule has 88 valence electrons. The molecule has 1 amide bonds. The Morgan fingerprint density at radius 1 is 1.47 bits per heavy atom. The lowest BCUT2D eigenvalue weighted by molar-refractivity contribution is -0.116. The molecule has 0 aromatic carbocycles. The van der Waals surface area contributed by atoms with Gasteiger partial charge in [0.2, 0.25) is 11.9 Å². The molecule has 0 aliphatic heterocycles. The highest BCUT2D eigenvalue weighted by Crippen LogP contribution is 2.03. The van der Waals surface area contributed by atoms with E-state index in [0.717, 1.165) is 6.20 Å². The van der Waals surface area contributed by atoms with E-state index in [1.807, 2.05) is 0 Å². The number of nitrogens with one attached hydrogen (secondary N) is 1. The van der Waals surface area contributed by atoms with Crippen LogP contribution in [-0.4, -0.2) is 25.7 Å². The number of pyridine rings is 1. The Balaban J connectivity index is 1.95. The third-order valence-electron chi connectivity index (χ3n) is 1.85. The molecule has 0 aliphatic rings. The largest absolute Gasteiger partial charge is 0.367 e. The third-order valence-corrected chi connectivity index (χ3v) is 1.85. The van der Waals surface area contributed by atoms with E-state index < -0.39 is 5.82 Å². The monoisotopic (exact) mass is 236 g/mol. The first-order valence-corrected chi connectivity index (χ1v) is 4.70. The van der Waals surface area contributed by atoms with E-state index >= 15 is 0 Å². The second kappa shape index (κ2) is 4.56. The van der Waals surface area contributed by atoms with Gasteiger partial charge in [0.1, 0.15) is 24.5 Å². The van der Waals surface area contributed by atoms with Crippen LogP contribution >= 0.6 is 0 Å². The number of amides is 1. The van der Waals surface area contributed by atoms with Crippen molar-refractivity contribution in [2.75, 3.05) is 11.1 Å². The Morgan fingerprint density at radius 3 is 2.88 bits per heavy atom. The van der Waals surface area contributed by atoms with E-state index in [1.54, 1.807) is 0 Å². The summed E-state index contributed by atoms with van der Waals surface area (Å²) < 4.78 is 13.8. The molecular formula is C9H9FN6O. The highest BCUT2D eigenvalue weighted by Gasteiger charge is 2.05. The summed E-state index contributed by atoms with van der Waals surface area (Å²) in [6.45, 7) is -0.0384. The Bertz CT molecular complexity index is 523. The average molecular weight is 236 g/mol. The third kappa shape index (κ3) is 2.97. The number of nitrogen functional groups attached to an aromatic ring is 1. The summed E-state index contributed by atoms with van der Waals surface area (Å²) in [5, 5.41) is 6.23. The van der Waals surface area contributed by atoms with E-state index in [1.165, 1.54) is 23.1 Å². The highest BCUT2D eigenvalue weighted by molar-refractivity contribution is 5.89. The SMILES string of the molecule is Nc1ncn(CC(=O)Nc2ccc(F)cn2)n1. The summed E-state index contributed by atoms with van der Waals surface area (Å²) in [6.07, 6.45) is 2.36. The number of halogens is 1. The number of nitrogens with two attached hydrogens (primary N) is 1. The van der Waals surface area contributed by atoms with Gasteiger partial charge in [-0.1, -0.05) is 0 Å². The Morgan fingerprint density at radius 2 is 2.29 bits per heavy atom. The fourth-order valence-electron chi connectivity index (χ4n) is 1.16. The zero-order valence-electron chi connectivity index (χ0n) is 8.67. The van der Waals surface area contributed by atoms with Crippen molar-refractivity contribution in [3.63, 3.8) is 0 Å². The van der Waals surface area contributed by atoms with Crippen LogP contribution in [0.2, 0.25) is 0 Å². The van der Waals surface area contributed by atoms with Gasteiger partial charge in [0, 0.05) is 0 Å². The van der Waals surface area contributed by atoms with Crippen LogP contribution in [0, 0.1) is 5.82 Å². The summed E-state index contributed by atoms with van der Waals surface area (Å²) in [4.78, 5) is 18.9. The van der Waals surface area contributed by atoms with Crippen LogP contribution in [0.15, 0.2) is 24.7 Å². The summed E-state index contributed by atoms with van der Waals surface area (Å²) in [6, 6.07) is 2.57. The van der Waals surface area contributed by atoms with Crippen LogP contribution in [-0.2, 0) is 11.3 Å². The molecule has 0 spiro atoms. The molecule has 2 aromatic heterocycles. The van der Waals surface area contributed by atoms with Crippen molar-refractivity contribution in [1.29, 1.82) is 0 Å². The minimum Gasteiger partial charge on any atom is -0.367 e. The van der Waals surface area contributed by atoms with E-state index in [4.69, 9.17) is 5.73 Å². The number of carbonyl (C=O) groups excluding carboxylic acids is 1. The van der Waals surface area contributed by atoms with Crippen molar-refractivity contribution in [3.05, 3.63) is 30.5 Å². The second-order valence-electron chi connectivity index (χ2n) is 3.21. The van der Waals surface area contributed by atoms with Crippen LogP contribution in [0.3, 0.4) is 0 Å². The molecule has 0 saturated carbocycles. The molecule has 0 fully saturated rings. The molecular weight excluding hydrogens is 227 g/mol. The molecule has 0 bridgehead atoms. The molecule has 2 heterocycles. The maximum Gasteiger partial charge on any atom is 0.247 e. The number of nitrogens with zero attached hydrogens (tertiary/aromatic N) is 4. The van der Waals surface area contributed by atoms with Gasteiger partial charge >= 0.3 is 0 Å². The minimum atomic E-state index is -0.466. The quantitative estimate of drug-likeness (QED) is 0.783. The Kier molecular flexibility index (Phi) is 2.95. The molecule has 0 atom stereocenters. The van der Waals surface area contributed by atoms with Crippen molar-refractivity contribution in [1.82, 2.24) is 19.7 Å². The standard InChI is InChI=1S/C9H9FN6O/c10-6-1-2-7(12-3-6)14-8(17)4-16-5-13-9(11)15-16/h1-3,5H,4H2,(H2,11,15)(H,12,14,17). The van der Waals surface area contributed by atoms with Gasteiger partial charge < -0.3 is 11.1 Å². The second-order valence-corrected chi connectivity index (χ2v) is 3.21. The van der Waals surface area contributed by atoms with E-state index in [2.05, 4.69) is 20.4 Å². The van der Waals surface area contributed by atoms with Crippen molar-refractivity contribution in [3.8, 4) is 0 Å². The van der Waals surface area contributed by atoms with Crippen molar-refractivity contribution in [2.45, 2.75) is 6.54 Å². The lowest BCUT2D eigenvalue weighted by Crippen LogP contribution is -2.19. The zero-order valence-corrected chi connectivity index (χ0v) is 8.67. The molecule has 0 radical (unpaired) electrons. The lowest BCUT2D eigenvalue weighted by atomic mass is 10.4. The van der Waals surface area contributed by atoms with Gasteiger partial charge in [-0.05, 0) is 12.1 Å². The first kappa shape index (κ1) is 11.0. The number of hydrogen-bond acceptors (Lipinski definition) is 5. The fourth-order valence-corrected chi connectivity index (χ4v) is 1.16. The molecule has 8 heteroatoms. The van der Waals surface area contributed by atoms with E-state index in [-0.39, 0.29) is 24.2 Å². The smallest absolute Gasteiger partial charge is 0.247 e. The van der Waals surface area contributed by atoms with Crippen LogP contribution in [0.5, 0.6) is 0 Å². The Labute approximate surface area is 95.5 Å². The maximum absolute atomic E-state index is 12.6. The number of aromatic nitrogens is 4. The molecule has 0 unspecified atom stereocenters. The number of rotatable bonds is 3. The summed E-state index contributed by atoms with van der Waals surface area (Å²) in [5.74, 6) is -0.455. The van der Waals surface area contributed by atoms with Gasteiger partial charge in [-0.15, -0.1) is 5.10 Å². The molecule has 3 N–H and O–H groups in total. The van der Waals surface area contributed by atoms with E-state index in [9.17, 15) is 9.18 Å². The van der Waals surface area contributed by atoms with Gasteiger partial charge in [0.15, 0.2) is 0 Å². The van der Waals surface area contributed by atoms with Crippen molar-refractivity contribution in [2.24, 2.45) is 0 Å². The van der Waals surface area contributed by atoms with Crippen LogP contribution in [0.25, 0.3) is 0 Å². The van der Waals surface area contributed by atoms with Gasteiger partial charge in [-0.25, -0.2) is 19.0 Å². The van der Waals surface area contributed by atoms with Gasteiger partial charge in [-0.3, -0.25) is 4.79 Å². The molecule has 17 heavy (non-hydrogen) atoms. The average Bonchev–Trinajstić information content (AvgIpc) is 2.67. The molecule has 7 nitrogen and oxygen atoms in total. The van der Waals surface area contributed by atoms with Gasteiger partial charge in [0.05, 0.1) is 6.20 Å². The fraction of sp³-hybridized carbons (Fsp3) is 0.111. The van der Waals surface area contributed by atoms with Crippen LogP contribution in [0.4, 0.5) is 16.2 Å². The molecule has 2 rings (SSSR count). The summed E-state index contributed by atoms with van der Waals surface area (Å²) in [7, 11) is 0. The number of hydrogen-bond donors (Lipinski definition) is 2. The normalized spacial score (nSPS) is 10.2. The predicted octanol–water partition coefficient (Wildman–Crippen LogP) is 0.0331. The highest BCUT2D eigenvalue weighted by atomic mass is 19.1. The number of carbonyl (C=O) groups is 1. The summed E-state index contributed by atoms with van der Waals surface area (Å²) in [5.41, 5.74) is 5.29. The first-order valence-electron chi connectivity index (χ1n) is 4.70. The minimum absolute atomic E-state index is 0.0384. The predicted molar refractivity (Wildman–Crippen MR) is 57.3 cm³/mol. The molecule has 0 aliphatic carbocycles. The van der Waals surface area contributed by atoms with Crippen LogP contribution < -0.4 is 11.1 Å². The lowest BCUT2D eigenvalue weighted by Gasteiger charge is -2.03. The first-order chi connectivity index (χ1) is 8.13. The topological polar surface area (TPSA) is 98.7 Å². The molecule has 0 saturated heterocycles. The Hall–Kier alpha value is -2.51. The maximum atomic E-state index is 12.6. The van der Waals surface area contributed by atoms with Gasteiger partial charge in [-0.2, -0.15) is 0 Å². The summed E-state index contributed by atoms with van der Waals surface area (Å²) >= 11 is 0. The van der Waals surface area contributed by atoms with Gasteiger partial charge in [0.25, 0.3) is 0 Å². The van der Waals surface area contributed by atoms with Crippen molar-refractivity contribution < 1.29 is 9.18 Å². The zero-order chi connectivity index (χ0) is 12.3.